The maximum Gasteiger partial charge on any atom is 0.0909 e. The van der Waals surface area contributed by atoms with E-state index in [9.17, 15) is 0 Å². The third-order valence-corrected chi connectivity index (χ3v) is 6.07. The van der Waals surface area contributed by atoms with Crippen LogP contribution in [0.5, 0.6) is 0 Å². The first-order valence-electron chi connectivity index (χ1n) is 12.3. The van der Waals surface area contributed by atoms with Gasteiger partial charge in [0.2, 0.25) is 0 Å². The van der Waals surface area contributed by atoms with E-state index in [1.54, 1.807) is 0 Å². The Hall–Kier alpha value is -2.00. The van der Waals surface area contributed by atoms with Crippen molar-refractivity contribution in [1.82, 2.24) is 9.97 Å². The monoisotopic (exact) mass is 455 g/mol. The van der Waals surface area contributed by atoms with Crippen LogP contribution in [-0.4, -0.2) is 15.7 Å². The number of nitrogens with one attached hydrogen (secondary N) is 2. The number of hydrogen-bond donors (Lipinski definition) is 2. The van der Waals surface area contributed by atoms with E-state index in [4.69, 9.17) is 4.99 Å². The van der Waals surface area contributed by atoms with Gasteiger partial charge in [0.15, 0.2) is 0 Å². The largest absolute Gasteiger partial charge is 0.360 e. The molecule has 2 aromatic heterocycles. The van der Waals surface area contributed by atoms with Crippen molar-refractivity contribution >= 4 is 24.2 Å². The highest BCUT2D eigenvalue weighted by molar-refractivity contribution is 6.15. The molecule has 0 saturated heterocycles. The molecule has 0 bridgehead atoms. The first-order chi connectivity index (χ1) is 15.0. The van der Waals surface area contributed by atoms with Gasteiger partial charge in [-0.15, -0.1) is 12.4 Å². The van der Waals surface area contributed by atoms with Crippen LogP contribution in [0, 0.1) is 5.41 Å². The van der Waals surface area contributed by atoms with Crippen LogP contribution in [0.2, 0.25) is 0 Å². The fraction of sp³-hybridized carbons (Fsp3) is 0.536. The standard InChI is InChI=1S/C28H41N3.ClH/c1-5-6-7-8-9-10-11-12-13-15-22-17-18-23(30-22)20-24-21-25(28(2,3)4)27(31-24)26-16-14-19-29-26;/h14,16-21,29-30H,5-13,15H2,1-4H3;1H. The van der Waals surface area contributed by atoms with Crippen LogP contribution in [0.3, 0.4) is 0 Å². The summed E-state index contributed by atoms with van der Waals surface area (Å²) in [6, 6.07) is 8.54. The van der Waals surface area contributed by atoms with Crippen molar-refractivity contribution in [1.29, 1.82) is 0 Å². The van der Waals surface area contributed by atoms with Gasteiger partial charge in [0.25, 0.3) is 0 Å². The van der Waals surface area contributed by atoms with Gasteiger partial charge >= 0.3 is 0 Å². The van der Waals surface area contributed by atoms with Crippen LogP contribution in [0.4, 0.5) is 0 Å². The summed E-state index contributed by atoms with van der Waals surface area (Å²) in [5.74, 6) is 0. The number of rotatable bonds is 12. The Morgan fingerprint density at radius 3 is 2.22 bits per heavy atom. The Morgan fingerprint density at radius 1 is 0.906 bits per heavy atom. The summed E-state index contributed by atoms with van der Waals surface area (Å²) >= 11 is 0. The molecule has 0 spiro atoms. The average Bonchev–Trinajstić information content (AvgIpc) is 3.47. The summed E-state index contributed by atoms with van der Waals surface area (Å²) in [7, 11) is 0. The highest BCUT2D eigenvalue weighted by Gasteiger charge is 2.27. The summed E-state index contributed by atoms with van der Waals surface area (Å²) in [4.78, 5) is 11.8. The lowest BCUT2D eigenvalue weighted by molar-refractivity contribution is 0.526. The lowest BCUT2D eigenvalue weighted by Gasteiger charge is -2.21. The molecular formula is C28H42ClN3. The molecule has 3 nitrogen and oxygen atoms in total. The molecule has 3 rings (SSSR count). The predicted molar refractivity (Wildman–Crippen MR) is 142 cm³/mol. The van der Waals surface area contributed by atoms with Gasteiger partial charge in [-0.3, -0.25) is 0 Å². The zero-order chi connectivity index (χ0) is 22.1. The maximum atomic E-state index is 4.94. The summed E-state index contributed by atoms with van der Waals surface area (Å²) in [5, 5.41) is 0. The Kier molecular flexibility index (Phi) is 10.6. The van der Waals surface area contributed by atoms with E-state index in [2.05, 4.69) is 68.0 Å². The zero-order valence-corrected chi connectivity index (χ0v) is 21.3. The smallest absolute Gasteiger partial charge is 0.0909 e. The van der Waals surface area contributed by atoms with Crippen molar-refractivity contribution in [3.63, 3.8) is 0 Å². The molecule has 4 heteroatoms. The number of nitrogens with zero attached hydrogens (tertiary/aromatic N) is 1. The molecule has 0 aliphatic carbocycles. The van der Waals surface area contributed by atoms with Gasteiger partial charge in [0.1, 0.15) is 0 Å². The van der Waals surface area contributed by atoms with Crippen LogP contribution in [0.15, 0.2) is 52.8 Å². The number of aromatic amines is 2. The van der Waals surface area contributed by atoms with Gasteiger partial charge < -0.3 is 9.97 Å². The van der Waals surface area contributed by atoms with Crippen molar-refractivity contribution in [3.8, 4) is 0 Å². The number of aromatic nitrogens is 2. The van der Waals surface area contributed by atoms with Gasteiger partial charge in [-0.25, -0.2) is 4.99 Å². The molecular weight excluding hydrogens is 414 g/mol. The van der Waals surface area contributed by atoms with E-state index in [1.807, 2.05) is 12.3 Å². The van der Waals surface area contributed by atoms with Crippen LogP contribution in [-0.2, 0) is 6.42 Å². The fourth-order valence-corrected chi connectivity index (χ4v) is 4.24. The lowest BCUT2D eigenvalue weighted by atomic mass is 9.83. The molecule has 2 N–H and O–H groups in total. The first kappa shape index (κ1) is 26.3. The van der Waals surface area contributed by atoms with E-state index >= 15 is 0 Å². The summed E-state index contributed by atoms with van der Waals surface area (Å²) < 4.78 is 0. The Labute approximate surface area is 201 Å². The van der Waals surface area contributed by atoms with Crippen LogP contribution in [0.25, 0.3) is 6.08 Å². The van der Waals surface area contributed by atoms with E-state index in [1.165, 1.54) is 69.1 Å². The number of aliphatic imine (C=N–C) groups is 1. The number of allylic oxidation sites excluding steroid dienone is 2. The second-order valence-electron chi connectivity index (χ2n) is 9.94. The fourth-order valence-electron chi connectivity index (χ4n) is 4.24. The van der Waals surface area contributed by atoms with Gasteiger partial charge in [-0.2, -0.15) is 0 Å². The molecule has 1 aliphatic rings. The second-order valence-corrected chi connectivity index (χ2v) is 9.94. The average molecular weight is 456 g/mol. The number of unbranched alkanes of at least 4 members (excludes halogenated alkanes) is 8. The normalized spacial score (nSPS) is 15.1. The molecule has 0 fully saturated rings. The molecule has 32 heavy (non-hydrogen) atoms. The van der Waals surface area contributed by atoms with Gasteiger partial charge in [-0.1, -0.05) is 79.1 Å². The minimum Gasteiger partial charge on any atom is -0.360 e. The van der Waals surface area contributed by atoms with E-state index in [0.29, 0.717) is 0 Å². The molecule has 1 aliphatic heterocycles. The predicted octanol–water partition coefficient (Wildman–Crippen LogP) is 8.65. The van der Waals surface area contributed by atoms with Crippen molar-refractivity contribution in [2.75, 3.05) is 0 Å². The van der Waals surface area contributed by atoms with Gasteiger partial charge in [0.05, 0.1) is 17.1 Å². The molecule has 0 atom stereocenters. The Morgan fingerprint density at radius 2 is 1.59 bits per heavy atom. The van der Waals surface area contributed by atoms with Crippen LogP contribution in [0.1, 0.15) is 103 Å². The Balaban J connectivity index is 0.00000363. The van der Waals surface area contributed by atoms with Crippen molar-refractivity contribution in [2.24, 2.45) is 10.4 Å². The number of H-pyrrole nitrogens is 2. The molecule has 0 unspecified atom stereocenters. The lowest BCUT2D eigenvalue weighted by Crippen LogP contribution is -2.17. The quantitative estimate of drug-likeness (QED) is 0.300. The van der Waals surface area contributed by atoms with Crippen molar-refractivity contribution in [2.45, 2.75) is 91.9 Å². The zero-order valence-electron chi connectivity index (χ0n) is 20.5. The molecule has 176 valence electrons. The molecule has 0 aromatic carbocycles. The molecule has 0 radical (unpaired) electrons. The first-order valence-corrected chi connectivity index (χ1v) is 12.3. The summed E-state index contributed by atoms with van der Waals surface area (Å²) in [5.41, 5.74) is 6.97. The summed E-state index contributed by atoms with van der Waals surface area (Å²) in [6.45, 7) is 9.03. The van der Waals surface area contributed by atoms with Gasteiger partial charge in [-0.05, 0) is 60.2 Å². The molecule has 2 aromatic rings. The molecule has 0 amide bonds. The molecule has 3 heterocycles. The van der Waals surface area contributed by atoms with Crippen molar-refractivity contribution < 1.29 is 0 Å². The van der Waals surface area contributed by atoms with E-state index in [0.717, 1.165) is 29.2 Å². The SMILES string of the molecule is CCCCCCCCCCCc1ccc(C=C2C=C(C(C)(C)C)C(c3ccc[nH]3)=N2)[nH]1.Cl. The topological polar surface area (TPSA) is 43.9 Å². The van der Waals surface area contributed by atoms with Crippen LogP contribution < -0.4 is 0 Å². The maximum absolute atomic E-state index is 4.94. The highest BCUT2D eigenvalue weighted by atomic mass is 35.5. The van der Waals surface area contributed by atoms with Gasteiger partial charge in [0, 0.05) is 17.6 Å². The third kappa shape index (κ3) is 7.85. The third-order valence-electron chi connectivity index (χ3n) is 6.07. The second kappa shape index (κ2) is 12.9. The van der Waals surface area contributed by atoms with Crippen LogP contribution >= 0.6 is 12.4 Å². The highest BCUT2D eigenvalue weighted by Crippen LogP contribution is 2.34. The number of halogens is 1. The minimum atomic E-state index is 0. The molecule has 0 saturated carbocycles. The van der Waals surface area contributed by atoms with E-state index < -0.39 is 0 Å². The van der Waals surface area contributed by atoms with Crippen molar-refractivity contribution in [3.05, 3.63) is 64.9 Å². The summed E-state index contributed by atoms with van der Waals surface area (Å²) in [6.07, 6.45) is 19.9. The Bertz CT molecular complexity index is 892. The number of hydrogen-bond acceptors (Lipinski definition) is 1. The minimum absolute atomic E-state index is 0. The number of aryl methyl sites for hydroxylation is 1. The van der Waals surface area contributed by atoms with E-state index in [-0.39, 0.29) is 17.8 Å².